The van der Waals surface area contributed by atoms with Crippen molar-refractivity contribution in [2.75, 3.05) is 12.4 Å². The Morgan fingerprint density at radius 1 is 1.43 bits per heavy atom. The maximum absolute atomic E-state index is 12.7. The molecule has 1 saturated heterocycles. The van der Waals surface area contributed by atoms with Crippen molar-refractivity contribution in [3.8, 4) is 5.75 Å². The van der Waals surface area contributed by atoms with Gasteiger partial charge in [-0.1, -0.05) is 28.1 Å². The second-order valence-electron chi connectivity index (χ2n) is 5.80. The van der Waals surface area contributed by atoms with Crippen molar-refractivity contribution in [2.45, 2.75) is 18.6 Å². The van der Waals surface area contributed by atoms with Crippen LogP contribution in [0.15, 0.2) is 34.8 Å². The molecule has 1 fully saturated rings. The quantitative estimate of drug-likeness (QED) is 0.782. The Morgan fingerprint density at radius 2 is 2.17 bits per heavy atom. The summed E-state index contributed by atoms with van der Waals surface area (Å²) in [7, 11) is 1.50. The molecular formula is C16H16BrNO5. The number of rotatable bonds is 4. The molecule has 1 amide bonds. The lowest BCUT2D eigenvalue weighted by molar-refractivity contribution is -0.146. The van der Waals surface area contributed by atoms with Crippen LogP contribution < -0.4 is 10.1 Å². The summed E-state index contributed by atoms with van der Waals surface area (Å²) in [6, 6.07) is 5.21. The number of benzene rings is 1. The number of anilines is 1. The number of carboxylic acid groups (broad SMARTS) is 1. The van der Waals surface area contributed by atoms with Crippen LogP contribution in [-0.4, -0.2) is 35.8 Å². The molecular weight excluding hydrogens is 366 g/mol. The van der Waals surface area contributed by atoms with E-state index in [1.807, 2.05) is 0 Å². The van der Waals surface area contributed by atoms with Crippen LogP contribution in [0.2, 0.25) is 0 Å². The number of nitrogens with one attached hydrogen (secondary N) is 1. The molecule has 1 aromatic rings. The Hall–Kier alpha value is -1.86. The van der Waals surface area contributed by atoms with E-state index in [1.165, 1.54) is 7.11 Å². The summed E-state index contributed by atoms with van der Waals surface area (Å²) < 4.78 is 11.7. The van der Waals surface area contributed by atoms with Crippen LogP contribution in [0.1, 0.15) is 6.92 Å². The number of hydrogen-bond donors (Lipinski definition) is 2. The van der Waals surface area contributed by atoms with E-state index in [9.17, 15) is 14.7 Å². The second-order valence-corrected chi connectivity index (χ2v) is 6.72. The fourth-order valence-electron chi connectivity index (χ4n) is 3.27. The smallest absolute Gasteiger partial charge is 0.310 e. The number of halogens is 1. The summed E-state index contributed by atoms with van der Waals surface area (Å²) in [6.07, 6.45) is 2.90. The maximum atomic E-state index is 12.7. The van der Waals surface area contributed by atoms with Crippen LogP contribution in [0.5, 0.6) is 5.75 Å². The van der Waals surface area contributed by atoms with Gasteiger partial charge in [0.25, 0.3) is 0 Å². The summed E-state index contributed by atoms with van der Waals surface area (Å²) in [4.78, 5) is 24.3. The molecule has 0 aliphatic carbocycles. The number of hydrogen-bond acceptors (Lipinski definition) is 4. The first-order valence-corrected chi connectivity index (χ1v) is 7.89. The van der Waals surface area contributed by atoms with Gasteiger partial charge in [-0.3, -0.25) is 9.59 Å². The number of fused-ring (bicyclic) bond motifs is 2. The lowest BCUT2D eigenvalue weighted by Gasteiger charge is -2.28. The van der Waals surface area contributed by atoms with Crippen molar-refractivity contribution in [3.63, 3.8) is 0 Å². The number of carbonyl (C=O) groups is 2. The zero-order chi connectivity index (χ0) is 16.8. The van der Waals surface area contributed by atoms with Crippen molar-refractivity contribution in [2.24, 2.45) is 11.8 Å². The molecule has 0 spiro atoms. The minimum Gasteiger partial charge on any atom is -0.495 e. The van der Waals surface area contributed by atoms with Gasteiger partial charge in [-0.05, 0) is 25.1 Å². The van der Waals surface area contributed by atoms with Crippen LogP contribution in [0.25, 0.3) is 0 Å². The molecule has 2 heterocycles. The van der Waals surface area contributed by atoms with Gasteiger partial charge in [-0.15, -0.1) is 0 Å². The topological polar surface area (TPSA) is 84.9 Å². The standard InChI is InChI=1S/C16H16BrNO5/c1-16-6-5-11(23-16)12(15(20)21)13(16)14(19)18-9-7-8(17)3-4-10(9)22-2/h3-7,11-13H,1-2H3,(H,18,19)(H,20,21)/t11-,12+,13+,16-/m1/s1. The van der Waals surface area contributed by atoms with Gasteiger partial charge in [0.2, 0.25) is 5.91 Å². The van der Waals surface area contributed by atoms with Crippen LogP contribution in [0.4, 0.5) is 5.69 Å². The molecule has 23 heavy (non-hydrogen) atoms. The van der Waals surface area contributed by atoms with Gasteiger partial charge in [0.15, 0.2) is 0 Å². The van der Waals surface area contributed by atoms with Crippen LogP contribution in [0, 0.1) is 11.8 Å². The molecule has 4 atom stereocenters. The third-order valence-electron chi connectivity index (χ3n) is 4.32. The second kappa shape index (κ2) is 5.65. The van der Waals surface area contributed by atoms with Gasteiger partial charge >= 0.3 is 5.97 Å². The summed E-state index contributed by atoms with van der Waals surface area (Å²) in [6.45, 7) is 1.73. The van der Waals surface area contributed by atoms with Crippen molar-refractivity contribution in [1.29, 1.82) is 0 Å². The highest BCUT2D eigenvalue weighted by molar-refractivity contribution is 9.10. The van der Waals surface area contributed by atoms with Crippen LogP contribution >= 0.6 is 15.9 Å². The average molecular weight is 382 g/mol. The highest BCUT2D eigenvalue weighted by atomic mass is 79.9. The first kappa shape index (κ1) is 16.0. The maximum Gasteiger partial charge on any atom is 0.310 e. The molecule has 2 aliphatic heterocycles. The predicted octanol–water partition coefficient (Wildman–Crippen LogP) is 2.44. The minimum atomic E-state index is -1.04. The molecule has 0 saturated carbocycles. The Kier molecular flexibility index (Phi) is 3.93. The van der Waals surface area contributed by atoms with Gasteiger partial charge in [0.1, 0.15) is 11.7 Å². The molecule has 2 N–H and O–H groups in total. The normalized spacial score (nSPS) is 31.2. The zero-order valence-corrected chi connectivity index (χ0v) is 14.2. The molecule has 2 aliphatic rings. The predicted molar refractivity (Wildman–Crippen MR) is 86.4 cm³/mol. The molecule has 1 aromatic carbocycles. The summed E-state index contributed by atoms with van der Waals surface area (Å²) >= 11 is 3.34. The Morgan fingerprint density at radius 3 is 2.83 bits per heavy atom. The zero-order valence-electron chi connectivity index (χ0n) is 12.6. The summed E-state index contributed by atoms with van der Waals surface area (Å²) in [5.41, 5.74) is -0.428. The lowest BCUT2D eigenvalue weighted by atomic mass is 9.75. The molecule has 0 radical (unpaired) electrons. The molecule has 0 aromatic heterocycles. The average Bonchev–Trinajstić information content (AvgIpc) is 3.00. The van der Waals surface area contributed by atoms with Gasteiger partial charge < -0.3 is 19.9 Å². The molecule has 3 rings (SSSR count). The monoisotopic (exact) mass is 381 g/mol. The Bertz CT molecular complexity index is 704. The molecule has 122 valence electrons. The summed E-state index contributed by atoms with van der Waals surface area (Å²) in [5.74, 6) is -2.65. The van der Waals surface area contributed by atoms with Crippen molar-refractivity contribution >= 4 is 33.5 Å². The SMILES string of the molecule is COc1ccc(Br)cc1NC(=O)[C@@H]1[C@@H](C(=O)O)[C@H]2C=C[C@@]1(C)O2. The van der Waals surface area contributed by atoms with Crippen molar-refractivity contribution in [1.82, 2.24) is 0 Å². The van der Waals surface area contributed by atoms with Gasteiger partial charge in [-0.2, -0.15) is 0 Å². The van der Waals surface area contributed by atoms with Crippen molar-refractivity contribution in [3.05, 3.63) is 34.8 Å². The summed E-state index contributed by atoms with van der Waals surface area (Å²) in [5, 5.41) is 12.2. The first-order chi connectivity index (χ1) is 10.9. The third kappa shape index (κ3) is 2.64. The Balaban J connectivity index is 1.90. The van der Waals surface area contributed by atoms with E-state index in [4.69, 9.17) is 9.47 Å². The highest BCUT2D eigenvalue weighted by Gasteiger charge is 2.59. The number of aliphatic carboxylic acids is 1. The number of ether oxygens (including phenoxy) is 2. The fraction of sp³-hybridized carbons (Fsp3) is 0.375. The van der Waals surface area contributed by atoms with Crippen LogP contribution in [0.3, 0.4) is 0 Å². The van der Waals surface area contributed by atoms with E-state index < -0.39 is 35.4 Å². The Labute approximate surface area is 141 Å². The van der Waals surface area contributed by atoms with Gasteiger partial charge in [0, 0.05) is 4.47 Å². The molecule has 6 nitrogen and oxygen atoms in total. The third-order valence-corrected chi connectivity index (χ3v) is 4.82. The first-order valence-electron chi connectivity index (χ1n) is 7.10. The molecule has 0 unspecified atom stereocenters. The minimum absolute atomic E-state index is 0.400. The van der Waals surface area contributed by atoms with E-state index in [2.05, 4.69) is 21.2 Å². The lowest BCUT2D eigenvalue weighted by Crippen LogP contribution is -2.44. The molecule has 2 bridgehead atoms. The molecule has 7 heteroatoms. The van der Waals surface area contributed by atoms with E-state index >= 15 is 0 Å². The highest BCUT2D eigenvalue weighted by Crippen LogP contribution is 2.47. The van der Waals surface area contributed by atoms with Gasteiger partial charge in [0.05, 0.1) is 30.4 Å². The van der Waals surface area contributed by atoms with Crippen LogP contribution in [-0.2, 0) is 14.3 Å². The number of carboxylic acids is 1. The number of methoxy groups -OCH3 is 1. The van der Waals surface area contributed by atoms with Gasteiger partial charge in [-0.25, -0.2) is 0 Å². The fourth-order valence-corrected chi connectivity index (χ4v) is 3.63. The van der Waals surface area contributed by atoms with E-state index in [1.54, 1.807) is 37.3 Å². The van der Waals surface area contributed by atoms with E-state index in [0.717, 1.165) is 4.47 Å². The van der Waals surface area contributed by atoms with E-state index in [0.29, 0.717) is 11.4 Å². The van der Waals surface area contributed by atoms with E-state index in [-0.39, 0.29) is 0 Å². The largest absolute Gasteiger partial charge is 0.495 e. The number of amides is 1. The van der Waals surface area contributed by atoms with Crippen molar-refractivity contribution < 1.29 is 24.2 Å². The number of carbonyl (C=O) groups excluding carboxylic acids is 1.